The first-order chi connectivity index (χ1) is 13.1. The number of carboxylic acid groups (broad SMARTS) is 1. The van der Waals surface area contributed by atoms with Gasteiger partial charge in [0.1, 0.15) is 0 Å². The number of carbonyl (C=O) groups is 5. The fourth-order valence-electron chi connectivity index (χ4n) is 2.00. The summed E-state index contributed by atoms with van der Waals surface area (Å²) in [6.07, 6.45) is 0.346. The van der Waals surface area contributed by atoms with Crippen LogP contribution >= 0.6 is 0 Å². The number of nitrogens with zero attached hydrogens (tertiary/aromatic N) is 1. The molecule has 12 heteroatoms. The van der Waals surface area contributed by atoms with Crippen molar-refractivity contribution in [2.75, 3.05) is 6.61 Å². The maximum atomic E-state index is 10.7. The van der Waals surface area contributed by atoms with Crippen molar-refractivity contribution in [3.05, 3.63) is 35.9 Å². The van der Waals surface area contributed by atoms with Crippen molar-refractivity contribution in [3.63, 3.8) is 0 Å². The Morgan fingerprint density at radius 1 is 1.04 bits per heavy atom. The lowest BCUT2D eigenvalue weighted by Gasteiger charge is -2.12. The fourth-order valence-corrected chi connectivity index (χ4v) is 2.00. The lowest BCUT2D eigenvalue weighted by molar-refractivity contribution is -0.169. The zero-order chi connectivity index (χ0) is 21.7. The van der Waals surface area contributed by atoms with E-state index in [2.05, 4.69) is 20.5 Å². The number of carbonyl (C=O) groups excluding carboxylic acids is 4. The number of amides is 2. The van der Waals surface area contributed by atoms with Crippen LogP contribution in [0.2, 0.25) is 0 Å². The molecule has 2 amide bonds. The highest BCUT2D eigenvalue weighted by Gasteiger charge is 2.31. The number of rotatable bonds is 5. The van der Waals surface area contributed by atoms with E-state index in [9.17, 15) is 19.2 Å². The van der Waals surface area contributed by atoms with Gasteiger partial charge in [0, 0.05) is 25.2 Å². The van der Waals surface area contributed by atoms with Gasteiger partial charge in [-0.15, -0.1) is 5.06 Å². The summed E-state index contributed by atoms with van der Waals surface area (Å²) in [6.45, 7) is -0.0487. The molecule has 0 aromatic heterocycles. The monoisotopic (exact) mass is 383 g/mol. The van der Waals surface area contributed by atoms with Crippen LogP contribution in [0.5, 0.6) is 0 Å². The molecule has 0 spiro atoms. The minimum Gasteiger partial charge on any atom is -0.490 e. The molecule has 2 rings (SSSR count). The number of hydroxylamine groups is 2. The predicted molar refractivity (Wildman–Crippen MR) is 98.7 cm³/mol. The summed E-state index contributed by atoms with van der Waals surface area (Å²) in [5, 5.41) is 16.6. The smallest absolute Gasteiger partial charge is 0.266 e. The number of hydrogen-bond donors (Lipinski definition) is 2. The van der Waals surface area contributed by atoms with Crippen LogP contribution in [-0.4, -0.2) is 74.7 Å². The normalized spacial score (nSPS) is 13.4. The van der Waals surface area contributed by atoms with Gasteiger partial charge >= 0.3 is 0 Å². The second kappa shape index (κ2) is 13.3. The van der Waals surface area contributed by atoms with Crippen LogP contribution in [0.4, 0.5) is 9.59 Å². The molecule has 1 heterocycles. The van der Waals surface area contributed by atoms with E-state index in [1.54, 1.807) is 0 Å². The molecule has 0 bridgehead atoms. The Kier molecular flexibility index (Phi) is 11.9. The van der Waals surface area contributed by atoms with Crippen molar-refractivity contribution in [1.82, 2.24) is 5.06 Å². The van der Waals surface area contributed by atoms with Crippen LogP contribution in [0.15, 0.2) is 30.3 Å². The van der Waals surface area contributed by atoms with Gasteiger partial charge in [-0.1, -0.05) is 30.3 Å². The average molecular weight is 383 g/mol. The molecule has 0 saturated carbocycles. The van der Waals surface area contributed by atoms with E-state index in [-0.39, 0.29) is 37.5 Å². The highest BCUT2D eigenvalue weighted by atomic mass is 16.7. The van der Waals surface area contributed by atoms with E-state index in [1.807, 2.05) is 30.3 Å². The molecule has 9 nitrogen and oxygen atoms in total. The van der Waals surface area contributed by atoms with Crippen molar-refractivity contribution >= 4 is 52.8 Å². The maximum Gasteiger partial charge on any atom is 0.266 e. The summed E-state index contributed by atoms with van der Waals surface area (Å²) in [5.74, 6) is -3.73. The Morgan fingerprint density at radius 2 is 1.50 bits per heavy atom. The summed E-state index contributed by atoms with van der Waals surface area (Å²) in [5.41, 5.74) is 0.562. The third-order valence-electron chi connectivity index (χ3n) is 3.13. The number of benzene rings is 1. The second-order valence-electron chi connectivity index (χ2n) is 5.29. The van der Waals surface area contributed by atoms with Crippen LogP contribution in [-0.2, 0) is 19.2 Å². The molecule has 6 radical (unpaired) electrons. The molecule has 1 saturated heterocycles. The fraction of sp³-hybridized carbons (Fsp3) is 0.312. The molecular weight excluding hydrogens is 367 g/mol. The SMILES string of the molecule is [B]C(=O)C[C@@H](CO)c1ccccc1.[B]C(=O)O.[B]C(=O)ON1C(=O)CCC1=O. The van der Waals surface area contributed by atoms with Gasteiger partial charge in [-0.2, -0.15) is 0 Å². The lowest BCUT2D eigenvalue weighted by atomic mass is 9.88. The van der Waals surface area contributed by atoms with Crippen LogP contribution in [0.3, 0.4) is 0 Å². The molecule has 1 aliphatic rings. The summed E-state index contributed by atoms with van der Waals surface area (Å²) >= 11 is 0. The van der Waals surface area contributed by atoms with Gasteiger partial charge in [0.05, 0.1) is 12.3 Å². The van der Waals surface area contributed by atoms with Crippen molar-refractivity contribution in [2.45, 2.75) is 25.2 Å². The van der Waals surface area contributed by atoms with E-state index in [4.69, 9.17) is 22.9 Å². The molecule has 1 fully saturated rings. The number of imide groups is 1. The standard InChI is InChI=1S/C10H11BO2.C5H4BNO4.CHBO2/c11-10(13)6-9(7-12)8-4-2-1-3-5-8;6-5(10)11-7-3(8)1-2-4(7)9;2-1(3)4/h1-5,9,12H,6-7H2;1-2H2;(H,3,4)/t9-;;/m0../s1. The van der Waals surface area contributed by atoms with Gasteiger partial charge < -0.3 is 19.8 Å². The first-order valence-electron chi connectivity index (χ1n) is 7.84. The van der Waals surface area contributed by atoms with E-state index < -0.39 is 23.6 Å². The third-order valence-corrected chi connectivity index (χ3v) is 3.13. The molecule has 28 heavy (non-hydrogen) atoms. The maximum absolute atomic E-state index is 10.7. The van der Waals surface area contributed by atoms with Crippen molar-refractivity contribution in [2.24, 2.45) is 0 Å². The van der Waals surface area contributed by atoms with E-state index in [0.717, 1.165) is 5.56 Å². The Labute approximate surface area is 165 Å². The minimum absolute atomic E-state index is 0.0487. The van der Waals surface area contributed by atoms with Crippen molar-refractivity contribution in [3.8, 4) is 0 Å². The predicted octanol–water partition coefficient (Wildman–Crippen LogP) is 0.0361. The highest BCUT2D eigenvalue weighted by Crippen LogP contribution is 2.18. The number of hydrogen-bond acceptors (Lipinski definition) is 7. The number of aliphatic hydroxyl groups is 1. The lowest BCUT2D eigenvalue weighted by Crippen LogP contribution is -2.31. The van der Waals surface area contributed by atoms with E-state index in [0.29, 0.717) is 5.06 Å². The van der Waals surface area contributed by atoms with Gasteiger partial charge in [-0.3, -0.25) is 19.2 Å². The topological polar surface area (TPSA) is 138 Å². The van der Waals surface area contributed by atoms with Crippen molar-refractivity contribution < 1.29 is 39.0 Å². The van der Waals surface area contributed by atoms with Gasteiger partial charge in [0.2, 0.25) is 21.6 Å². The molecule has 0 aliphatic carbocycles. The second-order valence-corrected chi connectivity index (χ2v) is 5.29. The molecule has 2 N–H and O–H groups in total. The van der Waals surface area contributed by atoms with Crippen LogP contribution in [0.1, 0.15) is 30.7 Å². The Bertz CT molecular complexity index is 678. The van der Waals surface area contributed by atoms with Gasteiger partial charge in [0.15, 0.2) is 7.85 Å². The van der Waals surface area contributed by atoms with E-state index in [1.165, 1.54) is 0 Å². The summed E-state index contributed by atoms with van der Waals surface area (Å²) in [7, 11) is 13.7. The summed E-state index contributed by atoms with van der Waals surface area (Å²) < 4.78 is 0. The highest BCUT2D eigenvalue weighted by molar-refractivity contribution is 6.57. The Morgan fingerprint density at radius 3 is 1.86 bits per heavy atom. The molecule has 1 atom stereocenters. The van der Waals surface area contributed by atoms with E-state index >= 15 is 0 Å². The van der Waals surface area contributed by atoms with Crippen molar-refractivity contribution in [1.29, 1.82) is 0 Å². The van der Waals surface area contributed by atoms with Crippen LogP contribution < -0.4 is 0 Å². The molecule has 1 aliphatic heterocycles. The first-order valence-corrected chi connectivity index (χ1v) is 7.84. The van der Waals surface area contributed by atoms with Gasteiger partial charge in [-0.25, -0.2) is 0 Å². The number of aliphatic hydroxyl groups excluding tert-OH is 1. The molecule has 1 aromatic rings. The Balaban J connectivity index is 0.000000442. The average Bonchev–Trinajstić information content (AvgIpc) is 2.92. The van der Waals surface area contributed by atoms with Crippen LogP contribution in [0.25, 0.3) is 0 Å². The molecule has 142 valence electrons. The quantitative estimate of drug-likeness (QED) is 0.537. The van der Waals surface area contributed by atoms with Gasteiger partial charge in [-0.05, 0) is 5.56 Å². The largest absolute Gasteiger partial charge is 0.490 e. The van der Waals surface area contributed by atoms with Crippen LogP contribution in [0, 0.1) is 0 Å². The zero-order valence-corrected chi connectivity index (χ0v) is 14.8. The molecular formula is C16H16B3NO8. The molecule has 0 unspecified atom stereocenters. The zero-order valence-electron chi connectivity index (χ0n) is 14.8. The molecule has 1 aromatic carbocycles. The Hall–Kier alpha value is -2.88. The van der Waals surface area contributed by atoms with Gasteiger partial charge in [0.25, 0.3) is 17.7 Å². The minimum atomic E-state index is -1.33. The first kappa shape index (κ1) is 25.1. The third kappa shape index (κ3) is 11.0. The summed E-state index contributed by atoms with van der Waals surface area (Å²) in [4.78, 5) is 55.0. The summed E-state index contributed by atoms with van der Waals surface area (Å²) in [6, 6.07) is 9.40.